The Morgan fingerprint density at radius 2 is 1.60 bits per heavy atom. The highest BCUT2D eigenvalue weighted by atomic mass is 19.1. The van der Waals surface area contributed by atoms with Crippen LogP contribution in [0.5, 0.6) is 0 Å². The minimum atomic E-state index is -0.469. The number of nitrogens with two attached hydrogens (primary N) is 1. The summed E-state index contributed by atoms with van der Waals surface area (Å²) < 4.78 is 13.7. The van der Waals surface area contributed by atoms with Gasteiger partial charge in [0.15, 0.2) is 5.78 Å². The average Bonchev–Trinajstić information content (AvgIpc) is 3.18. The quantitative estimate of drug-likeness (QED) is 0.162. The van der Waals surface area contributed by atoms with Gasteiger partial charge in [-0.05, 0) is 83.2 Å². The van der Waals surface area contributed by atoms with Gasteiger partial charge in [0, 0.05) is 49.0 Å². The lowest BCUT2D eigenvalue weighted by Gasteiger charge is -2.28. The van der Waals surface area contributed by atoms with E-state index >= 15 is 0 Å². The van der Waals surface area contributed by atoms with E-state index in [2.05, 4.69) is 62.5 Å². The van der Waals surface area contributed by atoms with E-state index < -0.39 is 6.17 Å². The Kier molecular flexibility index (Phi) is 25.0. The predicted octanol–water partition coefficient (Wildman–Crippen LogP) is 8.76. The molecule has 0 saturated heterocycles. The van der Waals surface area contributed by atoms with Crippen LogP contribution in [0, 0.1) is 0 Å². The number of nitrogens with zero attached hydrogens (tertiary/aromatic N) is 4. The second-order valence-electron chi connectivity index (χ2n) is 10.8. The summed E-state index contributed by atoms with van der Waals surface area (Å²) in [5.41, 5.74) is 12.6. The fraction of sp³-hybridized carbons (Fsp3) is 0.500. The smallest absolute Gasteiger partial charge is 0.191 e. The van der Waals surface area contributed by atoms with Gasteiger partial charge < -0.3 is 20.4 Å². The zero-order chi connectivity index (χ0) is 36.7. The van der Waals surface area contributed by atoms with E-state index in [-0.39, 0.29) is 11.6 Å². The molecule has 3 aliphatic rings. The van der Waals surface area contributed by atoms with Crippen molar-refractivity contribution in [2.75, 3.05) is 53.9 Å². The molecule has 6 nitrogen and oxygen atoms in total. The van der Waals surface area contributed by atoms with Gasteiger partial charge in [-0.3, -0.25) is 9.79 Å². The first-order chi connectivity index (χ1) is 22.4. The number of ketones is 1. The molecule has 0 aromatic heterocycles. The third-order valence-electron chi connectivity index (χ3n) is 7.56. The van der Waals surface area contributed by atoms with Gasteiger partial charge in [0.1, 0.15) is 12.0 Å². The third-order valence-corrected chi connectivity index (χ3v) is 7.56. The molecule has 0 aromatic rings. The van der Waals surface area contributed by atoms with Crippen molar-refractivity contribution in [3.63, 3.8) is 0 Å². The summed E-state index contributed by atoms with van der Waals surface area (Å²) in [6, 6.07) is 0. The Balaban J connectivity index is 0. The van der Waals surface area contributed by atoms with E-state index in [0.717, 1.165) is 41.1 Å². The Hall–Kier alpha value is -3.39. The first-order valence-electron chi connectivity index (χ1n) is 17.1. The van der Waals surface area contributed by atoms with Crippen molar-refractivity contribution in [2.45, 2.75) is 81.3 Å². The number of hydrogen-bond donors (Lipinski definition) is 1. The monoisotopic (exact) mass is 652 g/mol. The van der Waals surface area contributed by atoms with Crippen LogP contribution in [0.25, 0.3) is 0 Å². The highest BCUT2D eigenvalue weighted by Crippen LogP contribution is 2.41. The van der Waals surface area contributed by atoms with Gasteiger partial charge in [-0.15, -0.1) is 6.58 Å². The zero-order valence-electron chi connectivity index (χ0n) is 31.8. The first-order valence-corrected chi connectivity index (χ1v) is 17.1. The number of Topliss-reactive ketones (excluding diaryl/α,β-unsaturated/α-hetero) is 1. The molecule has 2 aliphatic carbocycles. The van der Waals surface area contributed by atoms with Gasteiger partial charge in [-0.1, -0.05) is 85.1 Å². The van der Waals surface area contributed by atoms with Crippen LogP contribution in [-0.2, 0) is 4.79 Å². The maximum atomic E-state index is 13.7. The Labute approximate surface area is 288 Å². The van der Waals surface area contributed by atoms with Crippen LogP contribution in [0.3, 0.4) is 0 Å². The molecule has 0 fully saturated rings. The Morgan fingerprint density at radius 1 is 1.06 bits per heavy atom. The molecular weight excluding hydrogens is 585 g/mol. The average molecular weight is 652 g/mol. The number of hydrogen-bond acceptors (Lipinski definition) is 6. The van der Waals surface area contributed by atoms with Gasteiger partial charge in [0.25, 0.3) is 0 Å². The number of carbonyl (C=O) groups is 1. The van der Waals surface area contributed by atoms with Crippen molar-refractivity contribution in [1.29, 1.82) is 0 Å². The molecule has 0 radical (unpaired) electrons. The van der Waals surface area contributed by atoms with Gasteiger partial charge in [0.2, 0.25) is 0 Å². The van der Waals surface area contributed by atoms with Crippen molar-refractivity contribution >= 4 is 11.5 Å². The molecule has 1 unspecified atom stereocenters. The van der Waals surface area contributed by atoms with E-state index in [4.69, 9.17) is 5.73 Å². The van der Waals surface area contributed by atoms with Gasteiger partial charge in [0.05, 0.1) is 12.2 Å². The minimum Gasteiger partial charge on any atom is -0.370 e. The maximum absolute atomic E-state index is 13.7. The third kappa shape index (κ3) is 14.9. The van der Waals surface area contributed by atoms with Gasteiger partial charge in [-0.25, -0.2) is 4.39 Å². The summed E-state index contributed by atoms with van der Waals surface area (Å²) in [5.74, 6) is -0.301. The number of halogens is 1. The molecule has 0 saturated carbocycles. The lowest BCUT2D eigenvalue weighted by Crippen LogP contribution is -2.36. The number of allylic oxidation sites excluding steroid dienone is 13. The lowest BCUT2D eigenvalue weighted by molar-refractivity contribution is -0.111. The molecule has 3 rings (SSSR count). The molecule has 1 atom stereocenters. The first kappa shape index (κ1) is 45.7. The molecule has 1 heterocycles. The zero-order valence-corrected chi connectivity index (χ0v) is 31.8. The lowest BCUT2D eigenvalue weighted by atomic mass is 9.96. The molecule has 1 aliphatic heterocycles. The van der Waals surface area contributed by atoms with Gasteiger partial charge >= 0.3 is 0 Å². The SMILES string of the molecule is C=CC.C=CC(=C)/C(C)=C1\C2=C(C/C(C3=CCC=C(F)C=C3)=N\C(N)CN2C)C(=O)\C1=C\C.CC.CC.CCN(C)CCN(C)CC. The van der Waals surface area contributed by atoms with Crippen molar-refractivity contribution in [3.8, 4) is 0 Å². The minimum absolute atomic E-state index is 0.0174. The molecule has 7 heteroatoms. The summed E-state index contributed by atoms with van der Waals surface area (Å²) in [5, 5.41) is 0. The molecule has 47 heavy (non-hydrogen) atoms. The molecule has 264 valence electrons. The van der Waals surface area contributed by atoms with E-state index in [1.807, 2.05) is 72.6 Å². The van der Waals surface area contributed by atoms with Crippen molar-refractivity contribution in [1.82, 2.24) is 14.7 Å². The molecule has 0 spiro atoms. The van der Waals surface area contributed by atoms with Crippen LogP contribution in [0.15, 0.2) is 112 Å². The summed E-state index contributed by atoms with van der Waals surface area (Å²) in [4.78, 5) is 24.7. The maximum Gasteiger partial charge on any atom is 0.191 e. The highest BCUT2D eigenvalue weighted by Gasteiger charge is 2.37. The number of carbonyl (C=O) groups excluding carboxylic acids is 1. The van der Waals surface area contributed by atoms with Crippen LogP contribution in [0.1, 0.15) is 75.2 Å². The normalized spacial score (nSPS) is 20.1. The molecule has 0 amide bonds. The molecule has 0 aromatic carbocycles. The van der Waals surface area contributed by atoms with E-state index in [9.17, 15) is 9.18 Å². The summed E-state index contributed by atoms with van der Waals surface area (Å²) in [6.45, 7) is 34.5. The summed E-state index contributed by atoms with van der Waals surface area (Å²) in [7, 11) is 6.24. The number of likely N-dealkylation sites (N-methyl/N-ethyl adjacent to an activating group) is 3. The Bertz CT molecular complexity index is 1230. The van der Waals surface area contributed by atoms with E-state index in [1.165, 1.54) is 25.2 Å². The van der Waals surface area contributed by atoms with Crippen LogP contribution in [0.2, 0.25) is 0 Å². The predicted molar refractivity (Wildman–Crippen MR) is 206 cm³/mol. The highest BCUT2D eigenvalue weighted by molar-refractivity contribution is 6.21. The molecule has 0 bridgehead atoms. The topological polar surface area (TPSA) is 65.2 Å². The summed E-state index contributed by atoms with van der Waals surface area (Å²) >= 11 is 0. The second kappa shape index (κ2) is 25.7. The van der Waals surface area contributed by atoms with Crippen LogP contribution >= 0.6 is 0 Å². The van der Waals surface area contributed by atoms with Crippen molar-refractivity contribution in [2.24, 2.45) is 10.7 Å². The standard InChI is InChI=1S/C25H28FN3O.C8H20N2.C3H6.2C2H6/c1-6-15(3)16(4)23-19(7-2)25(30)20-13-21(17-9-8-10-18(26)12-11-17)28-22(27)14-29(5)24(20)23;1-5-9(3)7-8-10(4)6-2;1-3-2;2*1-2/h6-7,9-12,22H,1,3,8,13-14,27H2,2,4-5H3;5-8H2,1-4H3;3H,1H2,2H3;2*1-2H3/b19-7+,23-16-,28-21+;;;;. The summed E-state index contributed by atoms with van der Waals surface area (Å²) in [6.07, 6.45) is 12.2. The fourth-order valence-electron chi connectivity index (χ4n) is 4.69. The van der Waals surface area contributed by atoms with E-state index in [0.29, 0.717) is 36.2 Å². The fourth-order valence-corrected chi connectivity index (χ4v) is 4.69. The van der Waals surface area contributed by atoms with E-state index in [1.54, 1.807) is 18.2 Å². The largest absolute Gasteiger partial charge is 0.370 e. The van der Waals surface area contributed by atoms with Crippen molar-refractivity contribution < 1.29 is 9.18 Å². The van der Waals surface area contributed by atoms with Crippen LogP contribution in [-0.4, -0.2) is 86.2 Å². The molecule has 2 N–H and O–H groups in total. The Morgan fingerprint density at radius 3 is 2.06 bits per heavy atom. The second-order valence-corrected chi connectivity index (χ2v) is 10.8. The number of aliphatic imine (C=N–C) groups is 1. The van der Waals surface area contributed by atoms with Gasteiger partial charge in [-0.2, -0.15) is 0 Å². The van der Waals surface area contributed by atoms with Crippen LogP contribution < -0.4 is 5.73 Å². The number of rotatable bonds is 8. The van der Waals surface area contributed by atoms with Crippen molar-refractivity contribution in [3.05, 3.63) is 107 Å². The van der Waals surface area contributed by atoms with Crippen LogP contribution in [0.4, 0.5) is 4.39 Å². The molecular formula is C40H66FN5O.